The average molecular weight is 433 g/mol. The van der Waals surface area contributed by atoms with Crippen molar-refractivity contribution in [1.82, 2.24) is 0 Å². The first-order valence-corrected chi connectivity index (χ1v) is 12.7. The predicted octanol–water partition coefficient (Wildman–Crippen LogP) is 7.90. The quantitative estimate of drug-likeness (QED) is 0.345. The van der Waals surface area contributed by atoms with Gasteiger partial charge in [0.05, 0.1) is 13.2 Å². The molecule has 1 aliphatic heterocycles. The molecular weight excluding hydrogens is 389 g/mol. The van der Waals surface area contributed by atoms with Crippen LogP contribution in [0.25, 0.3) is 0 Å². The average Bonchev–Trinajstić information content (AvgIpc) is 2.74. The van der Waals surface area contributed by atoms with Gasteiger partial charge in [0.2, 0.25) is 0 Å². The van der Waals surface area contributed by atoms with Crippen molar-refractivity contribution >= 4 is 0 Å². The lowest BCUT2D eigenvalue weighted by atomic mass is 9.68. The van der Waals surface area contributed by atoms with Gasteiger partial charge in [-0.1, -0.05) is 45.4 Å². The van der Waals surface area contributed by atoms with Crippen molar-refractivity contribution in [1.29, 1.82) is 0 Å². The van der Waals surface area contributed by atoms with E-state index in [1.165, 1.54) is 77.0 Å². The van der Waals surface area contributed by atoms with Gasteiger partial charge in [0, 0.05) is 18.3 Å². The number of hydrogen-bond acceptors (Lipinski definition) is 2. The number of unbranched alkanes of at least 4 members (excludes halogenated alkanes) is 2. The van der Waals surface area contributed by atoms with Gasteiger partial charge < -0.3 is 9.47 Å². The molecule has 3 aliphatic rings. The lowest BCUT2D eigenvalue weighted by Gasteiger charge is -2.41. The van der Waals surface area contributed by atoms with Gasteiger partial charge in [-0.15, -0.1) is 0 Å². The number of rotatable bonds is 9. The molecule has 0 aromatic heterocycles. The first-order chi connectivity index (χ1) is 14.4. The maximum absolute atomic E-state index is 12.3. The van der Waals surface area contributed by atoms with Crippen molar-refractivity contribution in [2.75, 3.05) is 13.2 Å². The molecule has 0 spiro atoms. The second-order valence-electron chi connectivity index (χ2n) is 10.4. The van der Waals surface area contributed by atoms with Crippen molar-refractivity contribution in [3.63, 3.8) is 0 Å². The van der Waals surface area contributed by atoms with Crippen LogP contribution in [0.15, 0.2) is 0 Å². The van der Waals surface area contributed by atoms with Crippen molar-refractivity contribution in [2.24, 2.45) is 29.6 Å². The van der Waals surface area contributed by atoms with Gasteiger partial charge in [-0.05, 0) is 69.1 Å². The molecule has 30 heavy (non-hydrogen) atoms. The Bertz CT molecular complexity index is 458. The highest BCUT2D eigenvalue weighted by Crippen LogP contribution is 2.43. The van der Waals surface area contributed by atoms with E-state index in [2.05, 4.69) is 6.92 Å². The molecule has 3 rings (SSSR count). The van der Waals surface area contributed by atoms with E-state index >= 15 is 0 Å². The Labute approximate surface area is 181 Å². The van der Waals surface area contributed by atoms with Crippen LogP contribution in [-0.4, -0.2) is 25.7 Å². The summed E-state index contributed by atoms with van der Waals surface area (Å²) in [5.41, 5.74) is 0. The highest BCUT2D eigenvalue weighted by molar-refractivity contribution is 4.83. The van der Waals surface area contributed by atoms with Crippen LogP contribution in [0, 0.1) is 29.6 Å². The number of alkyl halides is 3. The summed E-state index contributed by atoms with van der Waals surface area (Å²) in [7, 11) is 0. The van der Waals surface area contributed by atoms with Crippen molar-refractivity contribution < 1.29 is 22.6 Å². The van der Waals surface area contributed by atoms with E-state index in [1.54, 1.807) is 0 Å². The Morgan fingerprint density at radius 3 is 1.77 bits per heavy atom. The van der Waals surface area contributed by atoms with Gasteiger partial charge in [0.15, 0.2) is 6.29 Å². The van der Waals surface area contributed by atoms with Gasteiger partial charge in [-0.3, -0.25) is 0 Å². The van der Waals surface area contributed by atoms with Gasteiger partial charge >= 0.3 is 6.18 Å². The van der Waals surface area contributed by atoms with E-state index in [-0.39, 0.29) is 18.6 Å². The van der Waals surface area contributed by atoms with E-state index < -0.39 is 12.6 Å². The monoisotopic (exact) mass is 432 g/mol. The van der Waals surface area contributed by atoms with Crippen molar-refractivity contribution in [3.8, 4) is 0 Å². The van der Waals surface area contributed by atoms with Crippen LogP contribution in [0.3, 0.4) is 0 Å². The molecule has 0 amide bonds. The van der Waals surface area contributed by atoms with Crippen LogP contribution < -0.4 is 0 Å². The molecule has 1 saturated heterocycles. The summed E-state index contributed by atoms with van der Waals surface area (Å²) >= 11 is 0. The second-order valence-corrected chi connectivity index (χ2v) is 10.4. The first kappa shape index (κ1) is 24.4. The molecule has 0 aromatic carbocycles. The molecule has 3 fully saturated rings. The minimum atomic E-state index is -4.05. The van der Waals surface area contributed by atoms with Crippen molar-refractivity contribution in [2.45, 2.75) is 116 Å². The lowest BCUT2D eigenvalue weighted by molar-refractivity contribution is -0.231. The summed E-state index contributed by atoms with van der Waals surface area (Å²) in [6.45, 7) is 3.41. The van der Waals surface area contributed by atoms with Crippen LogP contribution in [-0.2, 0) is 9.47 Å². The van der Waals surface area contributed by atoms with Gasteiger partial charge in [0.1, 0.15) is 0 Å². The van der Waals surface area contributed by atoms with Crippen LogP contribution >= 0.6 is 0 Å². The Morgan fingerprint density at radius 1 is 0.667 bits per heavy atom. The van der Waals surface area contributed by atoms with Crippen LogP contribution in [0.4, 0.5) is 13.2 Å². The summed E-state index contributed by atoms with van der Waals surface area (Å²) in [6.07, 6.45) is 12.1. The second kappa shape index (κ2) is 12.1. The molecule has 0 unspecified atom stereocenters. The largest absolute Gasteiger partial charge is 0.389 e. The maximum atomic E-state index is 12.3. The molecule has 2 aliphatic carbocycles. The van der Waals surface area contributed by atoms with Crippen LogP contribution in [0.1, 0.15) is 103 Å². The minimum absolute atomic E-state index is 0.118. The molecule has 0 atom stereocenters. The molecular formula is C25H43F3O2. The number of hydrogen-bond donors (Lipinski definition) is 0. The Morgan fingerprint density at radius 2 is 1.20 bits per heavy atom. The number of ether oxygens (including phenoxy) is 2. The van der Waals surface area contributed by atoms with E-state index in [0.717, 1.165) is 17.8 Å². The highest BCUT2D eigenvalue weighted by atomic mass is 19.4. The summed E-state index contributed by atoms with van der Waals surface area (Å²) in [5, 5.41) is 0. The van der Waals surface area contributed by atoms with E-state index in [4.69, 9.17) is 9.47 Å². The fourth-order valence-corrected chi connectivity index (χ4v) is 6.11. The van der Waals surface area contributed by atoms with E-state index in [1.807, 2.05) is 0 Å². The summed E-state index contributed by atoms with van der Waals surface area (Å²) in [6, 6.07) is 0. The van der Waals surface area contributed by atoms with Crippen molar-refractivity contribution in [3.05, 3.63) is 0 Å². The highest BCUT2D eigenvalue weighted by Gasteiger charge is 2.36. The molecule has 0 aromatic rings. The van der Waals surface area contributed by atoms with Gasteiger partial charge in [-0.25, -0.2) is 0 Å². The smallest absolute Gasteiger partial charge is 0.352 e. The molecule has 2 nitrogen and oxygen atoms in total. The fraction of sp³-hybridized carbons (Fsp3) is 1.00. The molecule has 0 radical (unpaired) electrons. The van der Waals surface area contributed by atoms with Gasteiger partial charge in [0.25, 0.3) is 0 Å². The van der Waals surface area contributed by atoms with Crippen LogP contribution in [0.2, 0.25) is 0 Å². The molecule has 176 valence electrons. The third-order valence-electron chi connectivity index (χ3n) is 8.04. The first-order valence-electron chi connectivity index (χ1n) is 12.7. The summed E-state index contributed by atoms with van der Waals surface area (Å²) in [4.78, 5) is 0. The third kappa shape index (κ3) is 8.00. The maximum Gasteiger partial charge on any atom is 0.389 e. The molecule has 0 N–H and O–H groups in total. The zero-order chi connectivity index (χ0) is 21.4. The predicted molar refractivity (Wildman–Crippen MR) is 114 cm³/mol. The summed E-state index contributed by atoms with van der Waals surface area (Å²) < 4.78 is 48.8. The molecule has 1 heterocycles. The standard InChI is InChI=1S/C25H43F3O2/c1-2-3-4-6-19-8-10-21(11-9-19)22-12-14-23(15-13-22)24-29-17-20(18-30-24)7-5-16-25(26,27)28/h19-24H,2-18H2,1H3/t19-,20-,21-,22?,23?,24-. The van der Waals surface area contributed by atoms with E-state index in [0.29, 0.717) is 25.6 Å². The van der Waals surface area contributed by atoms with Gasteiger partial charge in [-0.2, -0.15) is 13.2 Å². The number of halogens is 3. The topological polar surface area (TPSA) is 18.5 Å². The zero-order valence-electron chi connectivity index (χ0n) is 18.9. The Balaban J connectivity index is 1.28. The summed E-state index contributed by atoms with van der Waals surface area (Å²) in [5.74, 6) is 3.39. The third-order valence-corrected chi connectivity index (χ3v) is 8.04. The van der Waals surface area contributed by atoms with Crippen LogP contribution in [0.5, 0.6) is 0 Å². The van der Waals surface area contributed by atoms with E-state index in [9.17, 15) is 13.2 Å². The minimum Gasteiger partial charge on any atom is -0.352 e. The normalized spacial score (nSPS) is 36.0. The molecule has 2 saturated carbocycles. The SMILES string of the molecule is CCCCC[C@H]1CC[C@H](C2CCC([C@H]3OC[C@H](CCCC(F)(F)F)CO3)CC2)CC1. The zero-order valence-corrected chi connectivity index (χ0v) is 18.9. The Kier molecular flexibility index (Phi) is 9.81. The molecule has 5 heteroatoms. The lowest BCUT2D eigenvalue weighted by Crippen LogP contribution is -2.39. The Hall–Kier alpha value is -0.290. The fourth-order valence-electron chi connectivity index (χ4n) is 6.11. The molecule has 0 bridgehead atoms.